The first-order valence-corrected chi connectivity index (χ1v) is 12.2. The Kier molecular flexibility index (Phi) is 14.9. The highest BCUT2D eigenvalue weighted by molar-refractivity contribution is 5.32. The van der Waals surface area contributed by atoms with Crippen molar-refractivity contribution in [3.63, 3.8) is 0 Å². The van der Waals surface area contributed by atoms with Gasteiger partial charge in [-0.1, -0.05) is 125 Å². The second-order valence-electron chi connectivity index (χ2n) is 8.35. The van der Waals surface area contributed by atoms with E-state index in [1.165, 1.54) is 41.5 Å². The van der Waals surface area contributed by atoms with Crippen LogP contribution < -0.4 is 0 Å². The van der Waals surface area contributed by atoms with Crippen LogP contribution in [0.4, 0.5) is 0 Å². The van der Waals surface area contributed by atoms with E-state index >= 15 is 0 Å². The number of hydrogen-bond donors (Lipinski definition) is 0. The van der Waals surface area contributed by atoms with Gasteiger partial charge in [-0.15, -0.1) is 0 Å². The van der Waals surface area contributed by atoms with Crippen LogP contribution in [0, 0.1) is 6.92 Å². The topological polar surface area (TPSA) is 9.23 Å². The number of methoxy groups -OCH3 is 1. The number of aryl methyl sites for hydroxylation is 1. The van der Waals surface area contributed by atoms with Gasteiger partial charge < -0.3 is 4.74 Å². The molecular formula is C31H44O. The molecule has 0 aliphatic rings. The molecule has 174 valence electrons. The molecule has 1 unspecified atom stereocenters. The smallest absolute Gasteiger partial charge is 0.0462 e. The van der Waals surface area contributed by atoms with Gasteiger partial charge in [0.2, 0.25) is 0 Å². The molecule has 0 aliphatic heterocycles. The van der Waals surface area contributed by atoms with E-state index in [1.54, 1.807) is 7.11 Å². The highest BCUT2D eigenvalue weighted by Gasteiger charge is 2.10. The zero-order chi connectivity index (χ0) is 23.6. The molecule has 0 aliphatic carbocycles. The minimum absolute atomic E-state index is 0.535. The Balaban J connectivity index is 0.000000265. The predicted molar refractivity (Wildman–Crippen MR) is 142 cm³/mol. The molecule has 3 aromatic carbocycles. The second kappa shape index (κ2) is 17.2. The average Bonchev–Trinajstić information content (AvgIpc) is 2.85. The molecule has 0 saturated carbocycles. The van der Waals surface area contributed by atoms with Gasteiger partial charge in [0.1, 0.15) is 0 Å². The van der Waals surface area contributed by atoms with Crippen LogP contribution in [0.25, 0.3) is 0 Å². The molecule has 1 heteroatoms. The maximum absolute atomic E-state index is 4.78. The molecule has 3 aromatic rings. The predicted octanol–water partition coefficient (Wildman–Crippen LogP) is 9.17. The third kappa shape index (κ3) is 10.8. The highest BCUT2D eigenvalue weighted by Crippen LogP contribution is 2.27. The lowest BCUT2D eigenvalue weighted by atomic mass is 9.89. The Morgan fingerprint density at radius 2 is 1.16 bits per heavy atom. The summed E-state index contributed by atoms with van der Waals surface area (Å²) in [6, 6.07) is 30.2. The standard InChI is InChI=1S/C15H16.C11H16.C5H12O/c1-2-15(13-9-5-3-6-10-13)14-11-7-4-8-12-14;1-4-10(3)11-7-5-9(2)6-8-11;1-3-4-5-6-2/h3-12,15H,2H2,1H3;5-8,10H,4H2,1-3H3;3-5H2,1-2H3. The van der Waals surface area contributed by atoms with E-state index in [0.29, 0.717) is 11.8 Å². The maximum atomic E-state index is 4.78. The maximum Gasteiger partial charge on any atom is 0.0462 e. The summed E-state index contributed by atoms with van der Waals surface area (Å²) in [4.78, 5) is 0. The Bertz CT molecular complexity index is 749. The van der Waals surface area contributed by atoms with E-state index in [1.807, 2.05) is 0 Å². The zero-order valence-electron chi connectivity index (χ0n) is 21.2. The summed E-state index contributed by atoms with van der Waals surface area (Å²) in [6.45, 7) is 11.9. The normalized spacial score (nSPS) is 11.1. The van der Waals surface area contributed by atoms with Gasteiger partial charge in [0, 0.05) is 19.6 Å². The molecule has 0 amide bonds. The minimum Gasteiger partial charge on any atom is -0.385 e. The van der Waals surface area contributed by atoms with Crippen LogP contribution in [0.5, 0.6) is 0 Å². The van der Waals surface area contributed by atoms with Gasteiger partial charge in [0.15, 0.2) is 0 Å². The van der Waals surface area contributed by atoms with Crippen molar-refractivity contribution in [2.24, 2.45) is 0 Å². The third-order valence-corrected chi connectivity index (χ3v) is 5.77. The van der Waals surface area contributed by atoms with Crippen molar-refractivity contribution in [1.29, 1.82) is 0 Å². The fourth-order valence-electron chi connectivity index (χ4n) is 3.45. The van der Waals surface area contributed by atoms with Crippen molar-refractivity contribution >= 4 is 0 Å². The molecule has 0 spiro atoms. The molecule has 0 heterocycles. The first kappa shape index (κ1) is 27.7. The van der Waals surface area contributed by atoms with Gasteiger partial charge in [0.05, 0.1) is 0 Å². The van der Waals surface area contributed by atoms with E-state index in [9.17, 15) is 0 Å². The van der Waals surface area contributed by atoms with Crippen molar-refractivity contribution in [3.05, 3.63) is 107 Å². The lowest BCUT2D eigenvalue weighted by Crippen LogP contribution is -1.98. The summed E-state index contributed by atoms with van der Waals surface area (Å²) in [5.41, 5.74) is 5.62. The van der Waals surface area contributed by atoms with Gasteiger partial charge in [-0.25, -0.2) is 0 Å². The van der Waals surface area contributed by atoms with Crippen molar-refractivity contribution in [2.45, 2.75) is 72.1 Å². The Morgan fingerprint density at radius 3 is 1.50 bits per heavy atom. The lowest BCUT2D eigenvalue weighted by Gasteiger charge is -2.15. The fourth-order valence-corrected chi connectivity index (χ4v) is 3.45. The van der Waals surface area contributed by atoms with Crippen molar-refractivity contribution in [2.75, 3.05) is 13.7 Å². The molecule has 0 fully saturated rings. The molecule has 0 saturated heterocycles. The van der Waals surface area contributed by atoms with Crippen LogP contribution in [0.2, 0.25) is 0 Å². The zero-order valence-corrected chi connectivity index (χ0v) is 21.2. The lowest BCUT2D eigenvalue weighted by molar-refractivity contribution is 0.194. The van der Waals surface area contributed by atoms with Gasteiger partial charge in [0.25, 0.3) is 0 Å². The number of unbranched alkanes of at least 4 members (excludes halogenated alkanes) is 1. The second-order valence-corrected chi connectivity index (χ2v) is 8.35. The SMILES string of the molecule is CCC(C)c1ccc(C)cc1.CCC(c1ccccc1)c1ccccc1.CCCCOC. The first-order valence-electron chi connectivity index (χ1n) is 12.2. The van der Waals surface area contributed by atoms with E-state index in [2.05, 4.69) is 120 Å². The molecular weight excluding hydrogens is 388 g/mol. The molecule has 0 bridgehead atoms. The molecule has 3 rings (SSSR count). The quantitative estimate of drug-likeness (QED) is 0.322. The van der Waals surface area contributed by atoms with Crippen LogP contribution in [-0.2, 0) is 4.74 Å². The summed E-state index contributed by atoms with van der Waals surface area (Å²) in [5, 5.41) is 0. The minimum atomic E-state index is 0.535. The van der Waals surface area contributed by atoms with E-state index in [0.717, 1.165) is 13.0 Å². The molecule has 1 atom stereocenters. The molecule has 0 N–H and O–H groups in total. The molecule has 0 aromatic heterocycles. The third-order valence-electron chi connectivity index (χ3n) is 5.77. The monoisotopic (exact) mass is 432 g/mol. The van der Waals surface area contributed by atoms with E-state index < -0.39 is 0 Å². The summed E-state index contributed by atoms with van der Waals surface area (Å²) in [6.07, 6.45) is 4.79. The summed E-state index contributed by atoms with van der Waals surface area (Å²) >= 11 is 0. The van der Waals surface area contributed by atoms with Gasteiger partial charge in [-0.05, 0) is 48.8 Å². The van der Waals surface area contributed by atoms with Crippen LogP contribution in [0.1, 0.15) is 87.5 Å². The van der Waals surface area contributed by atoms with Crippen LogP contribution >= 0.6 is 0 Å². The summed E-state index contributed by atoms with van der Waals surface area (Å²) in [7, 11) is 1.73. The van der Waals surface area contributed by atoms with Gasteiger partial charge in [-0.2, -0.15) is 0 Å². The Hall–Kier alpha value is -2.38. The van der Waals surface area contributed by atoms with Crippen LogP contribution in [0.15, 0.2) is 84.9 Å². The van der Waals surface area contributed by atoms with Gasteiger partial charge >= 0.3 is 0 Å². The fraction of sp³-hybridized carbons (Fsp3) is 0.419. The van der Waals surface area contributed by atoms with Crippen molar-refractivity contribution in [1.82, 2.24) is 0 Å². The van der Waals surface area contributed by atoms with Crippen molar-refractivity contribution in [3.8, 4) is 0 Å². The van der Waals surface area contributed by atoms with E-state index in [4.69, 9.17) is 4.74 Å². The van der Waals surface area contributed by atoms with Crippen LogP contribution in [-0.4, -0.2) is 13.7 Å². The van der Waals surface area contributed by atoms with Gasteiger partial charge in [-0.3, -0.25) is 0 Å². The molecule has 0 radical (unpaired) electrons. The largest absolute Gasteiger partial charge is 0.385 e. The first-order chi connectivity index (χ1) is 15.6. The Morgan fingerprint density at radius 1 is 0.656 bits per heavy atom. The number of hydrogen-bond acceptors (Lipinski definition) is 1. The van der Waals surface area contributed by atoms with E-state index in [-0.39, 0.29) is 0 Å². The Labute approximate surface area is 197 Å². The average molecular weight is 433 g/mol. The summed E-state index contributed by atoms with van der Waals surface area (Å²) < 4.78 is 4.78. The number of ether oxygens (including phenoxy) is 1. The molecule has 32 heavy (non-hydrogen) atoms. The molecule has 1 nitrogen and oxygen atoms in total. The van der Waals surface area contributed by atoms with Crippen LogP contribution in [0.3, 0.4) is 0 Å². The highest BCUT2D eigenvalue weighted by atomic mass is 16.5. The number of rotatable bonds is 8. The number of benzene rings is 3. The van der Waals surface area contributed by atoms with Crippen molar-refractivity contribution < 1.29 is 4.74 Å². The summed E-state index contributed by atoms with van der Waals surface area (Å²) in [5.74, 6) is 1.24.